The lowest BCUT2D eigenvalue weighted by Gasteiger charge is -2.14. The van der Waals surface area contributed by atoms with Crippen molar-refractivity contribution in [2.45, 2.75) is 0 Å². The molecule has 3 nitrogen and oxygen atoms in total. The van der Waals surface area contributed by atoms with Crippen molar-refractivity contribution < 1.29 is 0 Å². The van der Waals surface area contributed by atoms with E-state index in [1.165, 1.54) is 38.4 Å². The van der Waals surface area contributed by atoms with Crippen LogP contribution in [0.1, 0.15) is 0 Å². The van der Waals surface area contributed by atoms with E-state index < -0.39 is 0 Å². The van der Waals surface area contributed by atoms with Gasteiger partial charge in [-0.2, -0.15) is 0 Å². The van der Waals surface area contributed by atoms with E-state index in [0.717, 1.165) is 44.0 Å². The second-order valence-electron chi connectivity index (χ2n) is 13.6. The van der Waals surface area contributed by atoms with Crippen molar-refractivity contribution in [1.82, 2.24) is 15.0 Å². The van der Waals surface area contributed by atoms with Crippen molar-refractivity contribution in [2.24, 2.45) is 0 Å². The molecule has 252 valence electrons. The highest BCUT2D eigenvalue weighted by Gasteiger charge is 2.17. The third-order valence-electron chi connectivity index (χ3n) is 10.3. The number of benzene rings is 9. The molecule has 0 fully saturated rings. The van der Waals surface area contributed by atoms with Crippen LogP contribution in [0.5, 0.6) is 0 Å². The monoisotopic (exact) mass is 687 g/mol. The molecule has 0 spiro atoms. The van der Waals surface area contributed by atoms with E-state index in [4.69, 9.17) is 15.0 Å². The zero-order valence-corrected chi connectivity index (χ0v) is 29.4. The molecule has 0 atom stereocenters. The number of hydrogen-bond acceptors (Lipinski definition) is 3. The summed E-state index contributed by atoms with van der Waals surface area (Å²) in [6, 6.07) is 70.6. The van der Waals surface area contributed by atoms with Crippen molar-refractivity contribution in [3.05, 3.63) is 200 Å². The van der Waals surface area contributed by atoms with Gasteiger partial charge in [-0.3, -0.25) is 0 Å². The van der Waals surface area contributed by atoms with E-state index in [0.29, 0.717) is 17.5 Å². The fourth-order valence-electron chi connectivity index (χ4n) is 7.60. The summed E-state index contributed by atoms with van der Waals surface area (Å²) in [5, 5.41) is 7.03. The molecule has 0 N–H and O–H groups in total. The lowest BCUT2D eigenvalue weighted by atomic mass is 9.94. The van der Waals surface area contributed by atoms with Crippen LogP contribution in [0.25, 0.3) is 99.9 Å². The lowest BCUT2D eigenvalue weighted by Crippen LogP contribution is -2.01. The van der Waals surface area contributed by atoms with Gasteiger partial charge in [0.15, 0.2) is 17.5 Å². The molecule has 10 aromatic rings. The van der Waals surface area contributed by atoms with Crippen molar-refractivity contribution in [1.29, 1.82) is 0 Å². The summed E-state index contributed by atoms with van der Waals surface area (Å²) in [5.41, 5.74) is 9.83. The van der Waals surface area contributed by atoms with Gasteiger partial charge < -0.3 is 0 Å². The van der Waals surface area contributed by atoms with Gasteiger partial charge in [-0.05, 0) is 77.8 Å². The van der Waals surface area contributed by atoms with Crippen LogP contribution in [0.4, 0.5) is 0 Å². The van der Waals surface area contributed by atoms with Gasteiger partial charge >= 0.3 is 0 Å². The second kappa shape index (κ2) is 13.4. The zero-order chi connectivity index (χ0) is 35.8. The summed E-state index contributed by atoms with van der Waals surface area (Å²) >= 11 is 0. The molecule has 0 aliphatic carbocycles. The van der Waals surface area contributed by atoms with E-state index in [1.54, 1.807) is 0 Å². The molecular weight excluding hydrogens is 655 g/mol. The average molecular weight is 688 g/mol. The van der Waals surface area contributed by atoms with Gasteiger partial charge in [-0.25, -0.2) is 15.0 Å². The topological polar surface area (TPSA) is 38.7 Å². The van der Waals surface area contributed by atoms with Crippen LogP contribution in [-0.2, 0) is 0 Å². The van der Waals surface area contributed by atoms with Crippen LogP contribution in [-0.4, -0.2) is 15.0 Å². The molecule has 0 amide bonds. The Morgan fingerprint density at radius 1 is 0.222 bits per heavy atom. The summed E-state index contributed by atoms with van der Waals surface area (Å²) in [6.45, 7) is 0. The molecule has 0 saturated carbocycles. The normalized spacial score (nSPS) is 11.3. The molecule has 0 bridgehead atoms. The molecule has 0 aliphatic rings. The minimum Gasteiger partial charge on any atom is -0.208 e. The fraction of sp³-hybridized carbons (Fsp3) is 0. The Morgan fingerprint density at radius 3 is 1.37 bits per heavy atom. The minimum atomic E-state index is 0.635. The Labute approximate surface area is 313 Å². The smallest absolute Gasteiger partial charge is 0.164 e. The highest BCUT2D eigenvalue weighted by Crippen LogP contribution is 2.36. The molecule has 1 aromatic heterocycles. The first-order valence-electron chi connectivity index (χ1n) is 18.3. The summed E-state index contributed by atoms with van der Waals surface area (Å²) in [5.74, 6) is 1.92. The first-order chi connectivity index (χ1) is 26.7. The number of nitrogens with zero attached hydrogens (tertiary/aromatic N) is 3. The Hall–Kier alpha value is -7.23. The second-order valence-corrected chi connectivity index (χ2v) is 13.6. The molecule has 0 radical (unpaired) electrons. The van der Waals surface area contributed by atoms with Gasteiger partial charge in [0.25, 0.3) is 0 Å². The van der Waals surface area contributed by atoms with Gasteiger partial charge in [0, 0.05) is 16.7 Å². The fourth-order valence-corrected chi connectivity index (χ4v) is 7.60. The molecule has 1 heterocycles. The van der Waals surface area contributed by atoms with E-state index in [2.05, 4.69) is 194 Å². The zero-order valence-electron chi connectivity index (χ0n) is 29.4. The van der Waals surface area contributed by atoms with Gasteiger partial charge in [0.2, 0.25) is 0 Å². The highest BCUT2D eigenvalue weighted by molar-refractivity contribution is 5.98. The quantitative estimate of drug-likeness (QED) is 0.175. The number of aromatic nitrogens is 3. The van der Waals surface area contributed by atoms with Crippen molar-refractivity contribution in [3.63, 3.8) is 0 Å². The van der Waals surface area contributed by atoms with Crippen LogP contribution in [0.2, 0.25) is 0 Å². The number of rotatable bonds is 6. The Balaban J connectivity index is 1.11. The van der Waals surface area contributed by atoms with Gasteiger partial charge in [0.1, 0.15) is 0 Å². The first-order valence-corrected chi connectivity index (χ1v) is 18.3. The standard InChI is InChI=1S/C51H33N3/c1-2-12-34(13-3-1)39-28-29-41-33-42(31-30-40(41)32-39)49-52-50(54-51(53-49)48-23-11-17-36-15-5-7-19-45(36)48)47-21-9-8-20-46(47)38-26-24-37(25-27-38)44-22-10-16-35-14-4-6-18-43(35)44/h1-33H. The van der Waals surface area contributed by atoms with E-state index >= 15 is 0 Å². The molecule has 10 rings (SSSR count). The van der Waals surface area contributed by atoms with Crippen molar-refractivity contribution in [3.8, 4) is 67.5 Å². The van der Waals surface area contributed by atoms with Crippen LogP contribution >= 0.6 is 0 Å². The average Bonchev–Trinajstić information content (AvgIpc) is 3.26. The van der Waals surface area contributed by atoms with Crippen molar-refractivity contribution in [2.75, 3.05) is 0 Å². The summed E-state index contributed by atoms with van der Waals surface area (Å²) < 4.78 is 0. The van der Waals surface area contributed by atoms with Crippen LogP contribution in [0, 0.1) is 0 Å². The summed E-state index contributed by atoms with van der Waals surface area (Å²) in [7, 11) is 0. The minimum absolute atomic E-state index is 0.635. The molecule has 0 saturated heterocycles. The number of hydrogen-bond donors (Lipinski definition) is 0. The largest absolute Gasteiger partial charge is 0.208 e. The third kappa shape index (κ3) is 5.78. The van der Waals surface area contributed by atoms with Gasteiger partial charge in [-0.15, -0.1) is 0 Å². The van der Waals surface area contributed by atoms with Crippen molar-refractivity contribution >= 4 is 32.3 Å². The summed E-state index contributed by atoms with van der Waals surface area (Å²) in [6.07, 6.45) is 0. The van der Waals surface area contributed by atoms with E-state index in [-0.39, 0.29) is 0 Å². The Kier molecular flexibility index (Phi) is 7.81. The molecular formula is C51H33N3. The number of fused-ring (bicyclic) bond motifs is 3. The maximum atomic E-state index is 5.22. The van der Waals surface area contributed by atoms with Crippen LogP contribution in [0.15, 0.2) is 200 Å². The van der Waals surface area contributed by atoms with Crippen LogP contribution < -0.4 is 0 Å². The molecule has 3 heteroatoms. The van der Waals surface area contributed by atoms with Gasteiger partial charge in [-0.1, -0.05) is 188 Å². The third-order valence-corrected chi connectivity index (χ3v) is 10.3. The predicted octanol–water partition coefficient (Wildman–Crippen LogP) is 13.3. The maximum Gasteiger partial charge on any atom is 0.164 e. The molecule has 9 aromatic carbocycles. The van der Waals surface area contributed by atoms with E-state index in [1.807, 2.05) is 6.07 Å². The van der Waals surface area contributed by atoms with Crippen LogP contribution in [0.3, 0.4) is 0 Å². The highest BCUT2D eigenvalue weighted by atomic mass is 15.0. The Bertz CT molecular complexity index is 2970. The molecule has 54 heavy (non-hydrogen) atoms. The Morgan fingerprint density at radius 2 is 0.667 bits per heavy atom. The first kappa shape index (κ1) is 31.5. The summed E-state index contributed by atoms with van der Waals surface area (Å²) in [4.78, 5) is 15.6. The lowest BCUT2D eigenvalue weighted by molar-refractivity contribution is 1.08. The maximum absolute atomic E-state index is 5.22. The molecule has 0 unspecified atom stereocenters. The molecule has 0 aliphatic heterocycles. The van der Waals surface area contributed by atoms with E-state index in [9.17, 15) is 0 Å². The predicted molar refractivity (Wildman–Crippen MR) is 225 cm³/mol. The SMILES string of the molecule is c1ccc(-c2ccc3cc(-c4nc(-c5ccccc5-c5ccc(-c6cccc7ccccc67)cc5)nc(-c5cccc6ccccc56)n4)ccc3c2)cc1. The van der Waals surface area contributed by atoms with Gasteiger partial charge in [0.05, 0.1) is 0 Å².